The van der Waals surface area contributed by atoms with Crippen LogP contribution in [-0.2, 0) is 14.8 Å². The van der Waals surface area contributed by atoms with Gasteiger partial charge in [0.1, 0.15) is 0 Å². The monoisotopic (exact) mass is 448 g/mol. The molecule has 0 aliphatic heterocycles. The van der Waals surface area contributed by atoms with Gasteiger partial charge in [0.25, 0.3) is 10.0 Å². The lowest BCUT2D eigenvalue weighted by Gasteiger charge is -2.15. The van der Waals surface area contributed by atoms with E-state index in [1.165, 1.54) is 19.2 Å². The summed E-state index contributed by atoms with van der Waals surface area (Å²) >= 11 is 0. The van der Waals surface area contributed by atoms with Crippen LogP contribution in [0.4, 0.5) is 5.69 Å². The average Bonchev–Trinajstić information content (AvgIpc) is 2.79. The highest BCUT2D eigenvalue weighted by Gasteiger charge is 2.22. The number of nitrogens with zero attached hydrogens (tertiary/aromatic N) is 3. The molecular weight excluding hydrogens is 428 g/mol. The van der Waals surface area contributed by atoms with Crippen LogP contribution in [0.25, 0.3) is 33.5 Å². The zero-order chi connectivity index (χ0) is 22.9. The Morgan fingerprint density at radius 1 is 1.00 bits per heavy atom. The number of rotatable bonds is 5. The number of sulfonamides is 1. The molecule has 0 unspecified atom stereocenters. The summed E-state index contributed by atoms with van der Waals surface area (Å²) in [6, 6.07) is 13.6. The maximum absolute atomic E-state index is 12.6. The zero-order valence-electron chi connectivity index (χ0n) is 17.3. The molecule has 0 bridgehead atoms. The number of amides is 1. The Balaban J connectivity index is 2.12. The lowest BCUT2D eigenvalue weighted by Crippen LogP contribution is -2.30. The van der Waals surface area contributed by atoms with Gasteiger partial charge in [-0.15, -0.1) is 0 Å². The predicted molar refractivity (Wildman–Crippen MR) is 122 cm³/mol. The number of pyridine rings is 3. The number of aryl methyl sites for hydroxylation is 1. The van der Waals surface area contributed by atoms with E-state index in [0.29, 0.717) is 39.2 Å². The second-order valence-electron chi connectivity index (χ2n) is 7.08. The van der Waals surface area contributed by atoms with Crippen molar-refractivity contribution in [2.75, 3.05) is 5.32 Å². The van der Waals surface area contributed by atoms with Gasteiger partial charge >= 0.3 is 0 Å². The maximum Gasteiger partial charge on any atom is 0.253 e. The number of anilines is 1. The van der Waals surface area contributed by atoms with E-state index in [-0.39, 0.29) is 10.8 Å². The van der Waals surface area contributed by atoms with Crippen molar-refractivity contribution in [3.63, 3.8) is 0 Å². The van der Waals surface area contributed by atoms with Crippen molar-refractivity contribution < 1.29 is 13.2 Å². The molecule has 0 aliphatic carbocycles. The molecule has 0 fully saturated rings. The summed E-state index contributed by atoms with van der Waals surface area (Å²) in [6.07, 6.45) is 3.19. The highest BCUT2D eigenvalue weighted by molar-refractivity contribution is 7.89. The summed E-state index contributed by atoms with van der Waals surface area (Å²) in [5.41, 5.74) is 3.62. The van der Waals surface area contributed by atoms with Gasteiger partial charge in [-0.05, 0) is 36.8 Å². The van der Waals surface area contributed by atoms with Crippen LogP contribution in [0.3, 0.4) is 0 Å². The van der Waals surface area contributed by atoms with Gasteiger partial charge in [-0.3, -0.25) is 20.6 Å². The lowest BCUT2D eigenvalue weighted by atomic mass is 10.0. The van der Waals surface area contributed by atoms with E-state index in [9.17, 15) is 13.2 Å². The fraction of sp³-hybridized carbons (Fsp3) is 0.0909. The molecule has 4 aromatic rings. The molecule has 0 aliphatic rings. The number of aromatic nitrogens is 3. The van der Waals surface area contributed by atoms with Gasteiger partial charge in [-0.25, -0.2) is 13.4 Å². The minimum Gasteiger partial charge on any atom is -0.326 e. The van der Waals surface area contributed by atoms with Crippen LogP contribution in [-0.4, -0.2) is 29.3 Å². The number of fused-ring (bicyclic) bond motifs is 1. The summed E-state index contributed by atoms with van der Waals surface area (Å²) in [5, 5.41) is 3.40. The number of nitrogens with two attached hydrogens (primary N) is 1. The molecule has 162 valence electrons. The molecular formula is C22H20N6O3S. The highest BCUT2D eigenvalue weighted by atomic mass is 32.2. The van der Waals surface area contributed by atoms with E-state index in [0.717, 1.165) is 5.56 Å². The first-order chi connectivity index (χ1) is 15.3. The number of nitrogens with one attached hydrogen (secondary N) is 2. The third kappa shape index (κ3) is 3.94. The van der Waals surface area contributed by atoms with Crippen molar-refractivity contribution in [1.29, 1.82) is 0 Å². The number of benzene rings is 1. The van der Waals surface area contributed by atoms with Crippen molar-refractivity contribution in [3.05, 3.63) is 66.5 Å². The number of hydrazine groups is 1. The maximum atomic E-state index is 12.6. The minimum atomic E-state index is -3.99. The highest BCUT2D eigenvalue weighted by Crippen LogP contribution is 2.36. The second kappa shape index (κ2) is 8.42. The Labute approximate surface area is 184 Å². The Morgan fingerprint density at radius 2 is 1.78 bits per heavy atom. The van der Waals surface area contributed by atoms with Gasteiger partial charge in [-0.2, -0.15) is 4.83 Å². The van der Waals surface area contributed by atoms with Gasteiger partial charge in [0.15, 0.2) is 0 Å². The minimum absolute atomic E-state index is 0.0436. The van der Waals surface area contributed by atoms with E-state index in [1.54, 1.807) is 36.5 Å². The molecule has 1 amide bonds. The SMILES string of the molecule is CC(=O)Nc1ccnc2c(-c3ccccc3S(=O)(=O)NN)nc(-c3ncccc3C)cc12. The van der Waals surface area contributed by atoms with Gasteiger partial charge in [0, 0.05) is 30.3 Å². The molecule has 0 saturated carbocycles. The van der Waals surface area contributed by atoms with Crippen LogP contribution in [0.15, 0.2) is 65.8 Å². The molecule has 1 aromatic carbocycles. The largest absolute Gasteiger partial charge is 0.326 e. The summed E-state index contributed by atoms with van der Waals surface area (Å²) in [7, 11) is -3.99. The molecule has 0 atom stereocenters. The summed E-state index contributed by atoms with van der Waals surface area (Å²) in [4.78, 5) is 27.3. The van der Waals surface area contributed by atoms with Crippen molar-refractivity contribution >= 4 is 32.5 Å². The van der Waals surface area contributed by atoms with E-state index in [2.05, 4.69) is 15.3 Å². The lowest BCUT2D eigenvalue weighted by molar-refractivity contribution is -0.114. The average molecular weight is 449 g/mol. The Hall–Kier alpha value is -3.73. The van der Waals surface area contributed by atoms with Crippen molar-refractivity contribution in [2.45, 2.75) is 18.7 Å². The zero-order valence-corrected chi connectivity index (χ0v) is 18.1. The van der Waals surface area contributed by atoms with Gasteiger partial charge in [-0.1, -0.05) is 24.3 Å². The molecule has 10 heteroatoms. The smallest absolute Gasteiger partial charge is 0.253 e. The molecule has 0 saturated heterocycles. The normalized spacial score (nSPS) is 11.5. The number of carbonyl (C=O) groups is 1. The van der Waals surface area contributed by atoms with Crippen LogP contribution in [0.1, 0.15) is 12.5 Å². The summed E-state index contributed by atoms with van der Waals surface area (Å²) in [6.45, 7) is 3.32. The third-order valence-electron chi connectivity index (χ3n) is 4.88. The van der Waals surface area contributed by atoms with Gasteiger partial charge in [0.05, 0.1) is 33.2 Å². The Morgan fingerprint density at radius 3 is 2.50 bits per heavy atom. The van der Waals surface area contributed by atoms with Crippen LogP contribution in [0.2, 0.25) is 0 Å². The summed E-state index contributed by atoms with van der Waals surface area (Å²) < 4.78 is 25.2. The number of hydrogen-bond donors (Lipinski definition) is 3. The van der Waals surface area contributed by atoms with E-state index in [1.807, 2.05) is 23.9 Å². The van der Waals surface area contributed by atoms with E-state index < -0.39 is 10.0 Å². The molecule has 3 aromatic heterocycles. The summed E-state index contributed by atoms with van der Waals surface area (Å²) in [5.74, 6) is 5.04. The third-order valence-corrected chi connectivity index (χ3v) is 6.12. The molecule has 9 nitrogen and oxygen atoms in total. The molecule has 3 heterocycles. The standard InChI is InChI=1S/C22H20N6O3S/c1-13-6-5-10-24-20(13)18-12-16-17(26-14(2)29)9-11-25-21(16)22(27-18)15-7-3-4-8-19(15)32(30,31)28-23/h3-12,28H,23H2,1-2H3,(H,25,26,29). The molecule has 4 rings (SSSR count). The van der Waals surface area contributed by atoms with Crippen LogP contribution < -0.4 is 16.0 Å². The van der Waals surface area contributed by atoms with Gasteiger partial charge < -0.3 is 5.32 Å². The fourth-order valence-electron chi connectivity index (χ4n) is 3.47. The molecule has 32 heavy (non-hydrogen) atoms. The Bertz CT molecular complexity index is 1450. The molecule has 0 spiro atoms. The second-order valence-corrected chi connectivity index (χ2v) is 8.76. The van der Waals surface area contributed by atoms with Crippen LogP contribution in [0.5, 0.6) is 0 Å². The number of carbonyl (C=O) groups excluding carboxylic acids is 1. The van der Waals surface area contributed by atoms with Crippen LogP contribution in [0, 0.1) is 6.92 Å². The van der Waals surface area contributed by atoms with Crippen LogP contribution >= 0.6 is 0 Å². The Kier molecular flexibility index (Phi) is 5.66. The van der Waals surface area contributed by atoms with Gasteiger partial charge in [0.2, 0.25) is 5.91 Å². The number of hydrogen-bond acceptors (Lipinski definition) is 7. The quantitative estimate of drug-likeness (QED) is 0.315. The first-order valence-corrected chi connectivity index (χ1v) is 11.1. The topological polar surface area (TPSA) is 140 Å². The first-order valence-electron chi connectivity index (χ1n) is 9.63. The van der Waals surface area contributed by atoms with E-state index in [4.69, 9.17) is 10.8 Å². The molecule has 4 N–H and O–H groups in total. The van der Waals surface area contributed by atoms with E-state index >= 15 is 0 Å². The first kappa shape index (κ1) is 21.5. The van der Waals surface area contributed by atoms with Crippen molar-refractivity contribution in [1.82, 2.24) is 19.8 Å². The fourth-order valence-corrected chi connectivity index (χ4v) is 4.31. The van der Waals surface area contributed by atoms with Crippen molar-refractivity contribution in [2.24, 2.45) is 5.84 Å². The molecule has 0 radical (unpaired) electrons. The predicted octanol–water partition coefficient (Wildman–Crippen LogP) is 2.78. The van der Waals surface area contributed by atoms with Crippen molar-refractivity contribution in [3.8, 4) is 22.6 Å².